The van der Waals surface area contributed by atoms with Crippen molar-refractivity contribution in [3.8, 4) is 22.4 Å². The van der Waals surface area contributed by atoms with E-state index in [1.165, 1.54) is 42.0 Å². The molecular weight excluding hydrogens is 405 g/mol. The third-order valence-electron chi connectivity index (χ3n) is 7.63. The van der Waals surface area contributed by atoms with E-state index >= 15 is 0 Å². The lowest BCUT2D eigenvalue weighted by Gasteiger charge is -2.34. The molecule has 1 nitrogen and oxygen atoms in total. The Kier molecular flexibility index (Phi) is 5.56. The van der Waals surface area contributed by atoms with Gasteiger partial charge in [-0.25, -0.2) is 8.96 Å². The van der Waals surface area contributed by atoms with Crippen molar-refractivity contribution in [3.63, 3.8) is 0 Å². The molecule has 33 heavy (non-hydrogen) atoms. The predicted molar refractivity (Wildman–Crippen MR) is 136 cm³/mol. The van der Waals surface area contributed by atoms with E-state index in [9.17, 15) is 4.39 Å². The van der Waals surface area contributed by atoms with E-state index in [1.54, 1.807) is 6.07 Å². The summed E-state index contributed by atoms with van der Waals surface area (Å²) >= 11 is 0. The molecule has 0 saturated heterocycles. The van der Waals surface area contributed by atoms with Crippen LogP contribution in [0.25, 0.3) is 33.2 Å². The molecule has 4 aromatic rings. The van der Waals surface area contributed by atoms with Gasteiger partial charge in [-0.15, -0.1) is 0 Å². The summed E-state index contributed by atoms with van der Waals surface area (Å²) in [5, 5.41) is 2.48. The van der Waals surface area contributed by atoms with E-state index in [4.69, 9.17) is 0 Å². The number of rotatable bonds is 3. The number of benzene rings is 3. The van der Waals surface area contributed by atoms with E-state index < -0.39 is 0 Å². The first-order chi connectivity index (χ1) is 15.8. The van der Waals surface area contributed by atoms with E-state index in [0.29, 0.717) is 16.9 Å². The molecule has 0 unspecified atom stereocenters. The Labute approximate surface area is 196 Å². The summed E-state index contributed by atoms with van der Waals surface area (Å²) in [6, 6.07) is 22.7. The second kappa shape index (κ2) is 8.41. The Morgan fingerprint density at radius 3 is 2.33 bits per heavy atom. The number of fused-ring (bicyclic) bond motifs is 1. The molecule has 0 amide bonds. The quantitative estimate of drug-likeness (QED) is 0.284. The first kappa shape index (κ1) is 21.8. The third kappa shape index (κ3) is 4.19. The van der Waals surface area contributed by atoms with Gasteiger partial charge in [0.2, 0.25) is 5.69 Å². The van der Waals surface area contributed by atoms with Crippen molar-refractivity contribution in [2.45, 2.75) is 52.4 Å². The average molecular weight is 439 g/mol. The zero-order valence-corrected chi connectivity index (χ0v) is 20.2. The molecule has 1 aliphatic rings. The molecule has 0 N–H and O–H groups in total. The van der Waals surface area contributed by atoms with E-state index in [1.807, 2.05) is 43.3 Å². The van der Waals surface area contributed by atoms with Crippen LogP contribution in [0.5, 0.6) is 0 Å². The summed E-state index contributed by atoms with van der Waals surface area (Å²) in [6.45, 7) is 6.79. The first-order valence-electron chi connectivity index (χ1n) is 12.1. The second-order valence-electron chi connectivity index (χ2n) is 10.6. The number of aromatic nitrogens is 1. The Hall–Kier alpha value is -3.00. The summed E-state index contributed by atoms with van der Waals surface area (Å²) in [6.07, 6.45) is 7.26. The molecule has 3 aromatic carbocycles. The molecule has 168 valence electrons. The van der Waals surface area contributed by atoms with Gasteiger partial charge in [0.05, 0.1) is 10.9 Å². The minimum atomic E-state index is -0.173. The summed E-state index contributed by atoms with van der Waals surface area (Å²) in [5.41, 5.74) is 6.66. The fraction of sp³-hybridized carbons (Fsp3) is 0.323. The van der Waals surface area contributed by atoms with Crippen molar-refractivity contribution in [2.24, 2.45) is 12.5 Å². The Balaban J connectivity index is 1.61. The van der Waals surface area contributed by atoms with Crippen molar-refractivity contribution in [1.82, 2.24) is 0 Å². The van der Waals surface area contributed by atoms with Gasteiger partial charge in [0.25, 0.3) is 0 Å². The third-order valence-corrected chi connectivity index (χ3v) is 7.63. The molecule has 1 saturated carbocycles. The smallest absolute Gasteiger partial charge is 0.206 e. The second-order valence-corrected chi connectivity index (χ2v) is 10.6. The van der Waals surface area contributed by atoms with E-state index in [0.717, 1.165) is 22.4 Å². The average Bonchev–Trinajstić information content (AvgIpc) is 2.80. The van der Waals surface area contributed by atoms with Crippen LogP contribution in [0.15, 0.2) is 72.9 Å². The standard InChI is InChI=1S/C31H33FN/c1-21-18-29(32)28(23-8-6-5-7-9-23)20-27(21)30-26-11-10-24(19-25(26)14-17-33(30)4)22-12-15-31(2,3)16-13-22/h5-11,14,17-20,22H,12-13,15-16H2,1-4H3/q+1. The van der Waals surface area contributed by atoms with Crippen LogP contribution in [0.2, 0.25) is 0 Å². The highest BCUT2D eigenvalue weighted by Crippen LogP contribution is 2.43. The van der Waals surface area contributed by atoms with Crippen molar-refractivity contribution < 1.29 is 8.96 Å². The highest BCUT2D eigenvalue weighted by Gasteiger charge is 2.28. The van der Waals surface area contributed by atoms with Crippen molar-refractivity contribution in [1.29, 1.82) is 0 Å². The predicted octanol–water partition coefficient (Wildman–Crippen LogP) is 8.13. The lowest BCUT2D eigenvalue weighted by molar-refractivity contribution is -0.659. The molecule has 0 atom stereocenters. The molecule has 1 fully saturated rings. The fourth-order valence-electron chi connectivity index (χ4n) is 5.48. The van der Waals surface area contributed by atoms with Gasteiger partial charge >= 0.3 is 0 Å². The minimum absolute atomic E-state index is 0.173. The van der Waals surface area contributed by atoms with Gasteiger partial charge in [0.15, 0.2) is 6.20 Å². The van der Waals surface area contributed by atoms with Gasteiger partial charge in [0, 0.05) is 11.6 Å². The summed E-state index contributed by atoms with van der Waals surface area (Å²) in [7, 11) is 2.08. The number of hydrogen-bond donors (Lipinski definition) is 0. The minimum Gasteiger partial charge on any atom is -0.206 e. The largest absolute Gasteiger partial charge is 0.220 e. The number of halogens is 1. The lowest BCUT2D eigenvalue weighted by Crippen LogP contribution is -2.30. The van der Waals surface area contributed by atoms with Crippen LogP contribution in [0.1, 0.15) is 56.6 Å². The Morgan fingerprint density at radius 1 is 0.879 bits per heavy atom. The van der Waals surface area contributed by atoms with Crippen molar-refractivity contribution in [2.75, 3.05) is 0 Å². The summed E-state index contributed by atoms with van der Waals surface area (Å²) < 4.78 is 17.1. The molecule has 0 spiro atoms. The number of aryl methyl sites for hydroxylation is 2. The van der Waals surface area contributed by atoms with Crippen molar-refractivity contribution >= 4 is 10.8 Å². The number of hydrogen-bond acceptors (Lipinski definition) is 0. The van der Waals surface area contributed by atoms with Crippen LogP contribution >= 0.6 is 0 Å². The maximum Gasteiger partial charge on any atom is 0.220 e. The molecule has 1 aliphatic carbocycles. The SMILES string of the molecule is Cc1cc(F)c(-c2ccccc2)cc1-c1c2ccc(C3CCC(C)(C)CC3)cc2cc[n+]1C. The van der Waals surface area contributed by atoms with Gasteiger partial charge in [-0.2, -0.15) is 0 Å². The maximum atomic E-state index is 15.0. The highest BCUT2D eigenvalue weighted by atomic mass is 19.1. The van der Waals surface area contributed by atoms with Crippen LogP contribution in [-0.4, -0.2) is 0 Å². The van der Waals surface area contributed by atoms with Crippen LogP contribution in [-0.2, 0) is 7.05 Å². The molecule has 0 radical (unpaired) electrons. The van der Waals surface area contributed by atoms with Gasteiger partial charge in [0.1, 0.15) is 12.9 Å². The fourth-order valence-corrected chi connectivity index (χ4v) is 5.48. The van der Waals surface area contributed by atoms with Crippen LogP contribution in [0.3, 0.4) is 0 Å². The topological polar surface area (TPSA) is 3.88 Å². The van der Waals surface area contributed by atoms with Gasteiger partial charge in [-0.05, 0) is 84.2 Å². The van der Waals surface area contributed by atoms with E-state index in [2.05, 4.69) is 55.9 Å². The summed E-state index contributed by atoms with van der Waals surface area (Å²) in [4.78, 5) is 0. The normalized spacial score (nSPS) is 16.3. The zero-order valence-electron chi connectivity index (χ0n) is 20.2. The Bertz CT molecular complexity index is 1310. The number of pyridine rings is 1. The molecule has 0 bridgehead atoms. The first-order valence-corrected chi connectivity index (χ1v) is 12.1. The molecule has 2 heteroatoms. The van der Waals surface area contributed by atoms with Gasteiger partial charge in [-0.3, -0.25) is 0 Å². The Morgan fingerprint density at radius 2 is 1.61 bits per heavy atom. The summed E-state index contributed by atoms with van der Waals surface area (Å²) in [5.74, 6) is 0.477. The van der Waals surface area contributed by atoms with Gasteiger partial charge < -0.3 is 0 Å². The van der Waals surface area contributed by atoms with Gasteiger partial charge in [-0.1, -0.05) is 56.3 Å². The zero-order chi connectivity index (χ0) is 23.2. The molecule has 1 heterocycles. The van der Waals surface area contributed by atoms with Crippen LogP contribution < -0.4 is 4.57 Å². The van der Waals surface area contributed by atoms with E-state index in [-0.39, 0.29) is 5.82 Å². The number of nitrogens with zero attached hydrogens (tertiary/aromatic N) is 1. The van der Waals surface area contributed by atoms with Crippen LogP contribution in [0.4, 0.5) is 4.39 Å². The molecule has 1 aromatic heterocycles. The monoisotopic (exact) mass is 438 g/mol. The highest BCUT2D eigenvalue weighted by molar-refractivity contribution is 5.94. The molecule has 0 aliphatic heterocycles. The maximum absolute atomic E-state index is 15.0. The molecule has 5 rings (SSSR count). The molecular formula is C31H33FN+. The van der Waals surface area contributed by atoms with Crippen molar-refractivity contribution in [3.05, 3.63) is 89.9 Å². The lowest BCUT2D eigenvalue weighted by atomic mass is 9.71. The van der Waals surface area contributed by atoms with Crippen LogP contribution in [0, 0.1) is 18.2 Å².